The van der Waals surface area contributed by atoms with Gasteiger partial charge in [-0.3, -0.25) is 4.79 Å². The van der Waals surface area contributed by atoms with Crippen molar-refractivity contribution in [1.82, 2.24) is 9.88 Å². The fraction of sp³-hybridized carbons (Fsp3) is 0.226. The Kier molecular flexibility index (Phi) is 9.03. The van der Waals surface area contributed by atoms with Crippen LogP contribution in [0, 0.1) is 11.3 Å². The number of ether oxygens (including phenoxy) is 4. The van der Waals surface area contributed by atoms with Crippen LogP contribution in [-0.2, 0) is 6.18 Å². The number of methoxy groups -OCH3 is 2. The molecule has 8 nitrogen and oxygen atoms in total. The lowest BCUT2D eigenvalue weighted by Crippen LogP contribution is -2.27. The topological polar surface area (TPSA) is 96.8 Å². The molecule has 0 radical (unpaired) electrons. The number of rotatable bonds is 6. The molecule has 0 atom stereocenters. The average molecular weight is 616 g/mol. The number of halogens is 5. The van der Waals surface area contributed by atoms with E-state index in [1.54, 1.807) is 50.5 Å². The van der Waals surface area contributed by atoms with Gasteiger partial charge in [0.2, 0.25) is 0 Å². The zero-order valence-electron chi connectivity index (χ0n) is 23.9. The molecule has 0 unspecified atom stereocenters. The molecule has 1 aliphatic heterocycles. The van der Waals surface area contributed by atoms with Crippen molar-refractivity contribution in [2.45, 2.75) is 19.4 Å². The van der Waals surface area contributed by atoms with E-state index in [0.717, 1.165) is 12.1 Å². The van der Waals surface area contributed by atoms with E-state index in [-0.39, 0.29) is 28.5 Å². The van der Waals surface area contributed by atoms with E-state index >= 15 is 0 Å². The second-order valence-electron chi connectivity index (χ2n) is 9.34. The molecule has 3 aromatic carbocycles. The normalized spacial score (nSPS) is 12.9. The lowest BCUT2D eigenvalue weighted by atomic mass is 9.95. The number of aromatic amines is 1. The van der Waals surface area contributed by atoms with Crippen LogP contribution < -0.4 is 18.9 Å². The Morgan fingerprint density at radius 1 is 0.977 bits per heavy atom. The maximum Gasteiger partial charge on any atom is 0.586 e. The van der Waals surface area contributed by atoms with Crippen molar-refractivity contribution < 1.29 is 45.7 Å². The number of alkyl halides is 5. The largest absolute Gasteiger partial charge is 0.586 e. The number of aromatic nitrogens is 1. The second-order valence-corrected chi connectivity index (χ2v) is 9.34. The third-order valence-electron chi connectivity index (χ3n) is 6.68. The first-order chi connectivity index (χ1) is 20.8. The lowest BCUT2D eigenvalue weighted by Gasteiger charge is -2.19. The third-order valence-corrected chi connectivity index (χ3v) is 6.68. The van der Waals surface area contributed by atoms with Crippen molar-refractivity contribution in [3.8, 4) is 51.3 Å². The first-order valence-electron chi connectivity index (χ1n) is 13.0. The molecule has 0 spiro atoms. The van der Waals surface area contributed by atoms with Gasteiger partial charge >= 0.3 is 12.5 Å². The van der Waals surface area contributed by atoms with Crippen LogP contribution in [0.3, 0.4) is 0 Å². The molecule has 0 saturated carbocycles. The predicted molar refractivity (Wildman–Crippen MR) is 150 cm³/mol. The number of para-hydroxylation sites is 1. The molecule has 1 aliphatic rings. The molecule has 1 amide bonds. The van der Waals surface area contributed by atoms with Gasteiger partial charge in [0.1, 0.15) is 6.07 Å². The van der Waals surface area contributed by atoms with Gasteiger partial charge in [-0.25, -0.2) is 0 Å². The van der Waals surface area contributed by atoms with Crippen molar-refractivity contribution in [2.24, 2.45) is 0 Å². The van der Waals surface area contributed by atoms with Crippen LogP contribution in [0.2, 0.25) is 0 Å². The quantitative estimate of drug-likeness (QED) is 0.228. The number of nitrogens with zero attached hydrogens (tertiary/aromatic N) is 2. The van der Waals surface area contributed by atoms with E-state index in [4.69, 9.17) is 14.7 Å². The Bertz CT molecular complexity index is 1710. The summed E-state index contributed by atoms with van der Waals surface area (Å²) in [6.45, 7) is 2.23. The zero-order valence-corrected chi connectivity index (χ0v) is 23.9. The van der Waals surface area contributed by atoms with E-state index in [9.17, 15) is 26.7 Å². The Balaban J connectivity index is 0.000000213. The van der Waals surface area contributed by atoms with Gasteiger partial charge in [-0.2, -0.15) is 18.4 Å². The first kappa shape index (κ1) is 31.7. The molecule has 0 bridgehead atoms. The molecule has 0 fully saturated rings. The van der Waals surface area contributed by atoms with E-state index in [1.807, 2.05) is 6.07 Å². The van der Waals surface area contributed by atoms with Crippen LogP contribution >= 0.6 is 0 Å². The smallest absolute Gasteiger partial charge is 0.493 e. The van der Waals surface area contributed by atoms with Crippen LogP contribution in [0.4, 0.5) is 22.0 Å². The SMILES string of the molecule is CCN(C)C(=O)c1ccc(C(F)(F)F)cc1-c1ccc(OC)c(OC)c1.N#Cc1c[nH]cc1-c1cccc2c1OC(F)(F)O2. The van der Waals surface area contributed by atoms with E-state index in [2.05, 4.69) is 14.5 Å². The summed E-state index contributed by atoms with van der Waals surface area (Å²) in [5.41, 5.74) is 1.22. The van der Waals surface area contributed by atoms with E-state index in [0.29, 0.717) is 40.3 Å². The summed E-state index contributed by atoms with van der Waals surface area (Å²) in [5, 5.41) is 8.93. The van der Waals surface area contributed by atoms with Gasteiger partial charge in [-0.1, -0.05) is 18.2 Å². The number of hydrogen-bond donors (Lipinski definition) is 1. The molecule has 0 aliphatic carbocycles. The van der Waals surface area contributed by atoms with Crippen LogP contribution in [0.25, 0.3) is 22.3 Å². The monoisotopic (exact) mass is 615 g/mol. The molecule has 2 heterocycles. The molecule has 13 heteroatoms. The van der Waals surface area contributed by atoms with Gasteiger partial charge in [0, 0.05) is 42.7 Å². The number of nitriles is 1. The van der Waals surface area contributed by atoms with Gasteiger partial charge in [-0.05, 0) is 54.4 Å². The van der Waals surface area contributed by atoms with Crippen LogP contribution in [-0.4, -0.2) is 49.9 Å². The number of amides is 1. The number of benzene rings is 3. The Morgan fingerprint density at radius 2 is 1.70 bits per heavy atom. The number of H-pyrrole nitrogens is 1. The lowest BCUT2D eigenvalue weighted by molar-refractivity contribution is -0.286. The molecule has 5 rings (SSSR count). The number of hydrogen-bond acceptors (Lipinski definition) is 6. The Labute approximate surface area is 249 Å². The number of carbonyl (C=O) groups excluding carboxylic acids is 1. The molecule has 44 heavy (non-hydrogen) atoms. The summed E-state index contributed by atoms with van der Waals surface area (Å²) >= 11 is 0. The number of fused-ring (bicyclic) bond motifs is 1. The summed E-state index contributed by atoms with van der Waals surface area (Å²) in [6.07, 6.45) is -5.14. The summed E-state index contributed by atoms with van der Waals surface area (Å²) < 4.78 is 84.8. The van der Waals surface area contributed by atoms with Crippen LogP contribution in [0.5, 0.6) is 23.0 Å². The van der Waals surface area contributed by atoms with Crippen molar-refractivity contribution >= 4 is 5.91 Å². The van der Waals surface area contributed by atoms with Crippen molar-refractivity contribution in [3.05, 3.63) is 83.7 Å². The maximum absolute atomic E-state index is 13.2. The van der Waals surface area contributed by atoms with Crippen molar-refractivity contribution in [2.75, 3.05) is 27.8 Å². The molecule has 0 saturated heterocycles. The van der Waals surface area contributed by atoms with Gasteiger partial charge in [0.25, 0.3) is 5.91 Å². The standard InChI is InChI=1S/C19H20F3NO3.C12H6F2N2O2/c1-5-23(2)18(24)14-8-7-13(19(20,21)22)11-15(14)12-6-9-16(25-3)17(10-12)26-4;13-12(14)17-10-3-1-2-8(11(10)18-12)9-6-16-5-7(9)4-15/h6-11H,5H2,1-4H3;1-3,5-6,16H. The first-order valence-corrected chi connectivity index (χ1v) is 13.0. The third kappa shape index (κ3) is 6.54. The highest BCUT2D eigenvalue weighted by molar-refractivity contribution is 6.01. The van der Waals surface area contributed by atoms with Gasteiger partial charge < -0.3 is 28.8 Å². The minimum atomic E-state index is -4.51. The molecule has 230 valence electrons. The molecular formula is C31H26F5N3O5. The fourth-order valence-corrected chi connectivity index (χ4v) is 4.36. The predicted octanol–water partition coefficient (Wildman–Crippen LogP) is 7.36. The highest BCUT2D eigenvalue weighted by atomic mass is 19.4. The Morgan fingerprint density at radius 3 is 2.34 bits per heavy atom. The highest BCUT2D eigenvalue weighted by Crippen LogP contribution is 2.47. The number of nitrogens with one attached hydrogen (secondary N) is 1. The summed E-state index contributed by atoms with van der Waals surface area (Å²) in [6, 6.07) is 14.4. The maximum atomic E-state index is 13.2. The van der Waals surface area contributed by atoms with E-state index in [1.165, 1.54) is 37.4 Å². The van der Waals surface area contributed by atoms with Crippen LogP contribution in [0.1, 0.15) is 28.4 Å². The van der Waals surface area contributed by atoms with Crippen LogP contribution in [0.15, 0.2) is 67.0 Å². The fourth-order valence-electron chi connectivity index (χ4n) is 4.36. The summed E-state index contributed by atoms with van der Waals surface area (Å²) in [5.74, 6) is 0.360. The molecular weight excluding hydrogens is 589 g/mol. The van der Waals surface area contributed by atoms with Gasteiger partial charge in [0.15, 0.2) is 23.0 Å². The average Bonchev–Trinajstić information content (AvgIpc) is 3.61. The molecule has 4 aromatic rings. The van der Waals surface area contributed by atoms with Crippen molar-refractivity contribution in [1.29, 1.82) is 5.26 Å². The second kappa shape index (κ2) is 12.5. The summed E-state index contributed by atoms with van der Waals surface area (Å²) in [4.78, 5) is 16.8. The van der Waals surface area contributed by atoms with E-state index < -0.39 is 18.0 Å². The minimum absolute atomic E-state index is 0.0393. The Hall–Kier alpha value is -5.25. The van der Waals surface area contributed by atoms with Gasteiger partial charge in [0.05, 0.1) is 25.3 Å². The summed E-state index contributed by atoms with van der Waals surface area (Å²) in [7, 11) is 4.50. The van der Waals surface area contributed by atoms with Crippen molar-refractivity contribution in [3.63, 3.8) is 0 Å². The number of carbonyl (C=O) groups is 1. The molecule has 1 aromatic heterocycles. The highest BCUT2D eigenvalue weighted by Gasteiger charge is 2.44. The van der Waals surface area contributed by atoms with Gasteiger partial charge in [-0.15, -0.1) is 8.78 Å². The zero-order chi connectivity index (χ0) is 32.2. The minimum Gasteiger partial charge on any atom is -0.493 e. The molecule has 1 N–H and O–H groups in total.